The Hall–Kier alpha value is -2.01. The number of aromatic nitrogens is 2. The topological polar surface area (TPSA) is 65.2 Å². The Balaban J connectivity index is 1.99. The maximum atomic E-state index is 11.2. The molecule has 0 amide bonds. The largest absolute Gasteiger partial charge is 0.381 e. The van der Waals surface area contributed by atoms with E-state index in [9.17, 15) is 4.79 Å². The summed E-state index contributed by atoms with van der Waals surface area (Å²) in [4.78, 5) is 15.7. The normalized spacial score (nSPS) is 17.6. The number of hydrogen-bond acceptors (Lipinski definition) is 5. The molecule has 0 N–H and O–H groups in total. The van der Waals surface area contributed by atoms with Gasteiger partial charge in [0.25, 0.3) is 0 Å². The SMILES string of the molecule is CC(=O)Cc1nc(C2(c3ccccc3)CCOCC2)no1. The van der Waals surface area contributed by atoms with Gasteiger partial charge in [-0.25, -0.2) is 0 Å². The van der Waals surface area contributed by atoms with Crippen molar-refractivity contribution in [3.05, 3.63) is 47.6 Å². The maximum Gasteiger partial charge on any atom is 0.234 e. The van der Waals surface area contributed by atoms with Crippen molar-refractivity contribution in [2.45, 2.75) is 31.6 Å². The summed E-state index contributed by atoms with van der Waals surface area (Å²) in [5, 5.41) is 4.15. The second kappa shape index (κ2) is 5.77. The van der Waals surface area contributed by atoms with Gasteiger partial charge in [-0.15, -0.1) is 0 Å². The predicted octanol–water partition coefficient (Wildman–Crippen LogP) is 2.30. The Morgan fingerprint density at radius 3 is 2.62 bits per heavy atom. The van der Waals surface area contributed by atoms with Crippen LogP contribution in [0.4, 0.5) is 0 Å². The van der Waals surface area contributed by atoms with E-state index in [0.717, 1.165) is 12.8 Å². The third-order valence-electron chi connectivity index (χ3n) is 3.97. The van der Waals surface area contributed by atoms with Crippen LogP contribution in [-0.4, -0.2) is 29.1 Å². The lowest BCUT2D eigenvalue weighted by molar-refractivity contribution is -0.116. The number of carbonyl (C=O) groups is 1. The van der Waals surface area contributed by atoms with Gasteiger partial charge < -0.3 is 9.26 Å². The summed E-state index contributed by atoms with van der Waals surface area (Å²) in [6, 6.07) is 10.2. The van der Waals surface area contributed by atoms with Crippen molar-refractivity contribution < 1.29 is 14.1 Å². The van der Waals surface area contributed by atoms with Gasteiger partial charge >= 0.3 is 0 Å². The van der Waals surface area contributed by atoms with Crippen molar-refractivity contribution >= 4 is 5.78 Å². The van der Waals surface area contributed by atoms with Crippen LogP contribution in [0.2, 0.25) is 0 Å². The van der Waals surface area contributed by atoms with Gasteiger partial charge in [0.15, 0.2) is 5.82 Å². The molecule has 5 nitrogen and oxygen atoms in total. The molecule has 21 heavy (non-hydrogen) atoms. The molecule has 1 fully saturated rings. The highest BCUT2D eigenvalue weighted by molar-refractivity contribution is 5.77. The molecule has 0 saturated carbocycles. The maximum absolute atomic E-state index is 11.2. The number of benzene rings is 1. The minimum atomic E-state index is -0.280. The molecule has 0 bridgehead atoms. The molecule has 0 radical (unpaired) electrons. The summed E-state index contributed by atoms with van der Waals surface area (Å²) in [6.07, 6.45) is 1.82. The van der Waals surface area contributed by atoms with Gasteiger partial charge in [0, 0.05) is 13.2 Å². The van der Waals surface area contributed by atoms with Crippen molar-refractivity contribution in [2.24, 2.45) is 0 Å². The highest BCUT2D eigenvalue weighted by atomic mass is 16.5. The third-order valence-corrected chi connectivity index (χ3v) is 3.97. The molecular formula is C16H18N2O3. The fourth-order valence-corrected chi connectivity index (χ4v) is 2.85. The van der Waals surface area contributed by atoms with Crippen LogP contribution in [0, 0.1) is 0 Å². The van der Waals surface area contributed by atoms with Gasteiger partial charge in [-0.05, 0) is 25.3 Å². The van der Waals surface area contributed by atoms with Crippen molar-refractivity contribution in [1.82, 2.24) is 10.1 Å². The van der Waals surface area contributed by atoms with Crippen LogP contribution in [0.25, 0.3) is 0 Å². The number of ketones is 1. The molecule has 1 aromatic heterocycles. The summed E-state index contributed by atoms with van der Waals surface area (Å²) in [5.41, 5.74) is 0.890. The minimum Gasteiger partial charge on any atom is -0.381 e. The molecule has 1 aliphatic heterocycles. The van der Waals surface area contributed by atoms with E-state index in [-0.39, 0.29) is 17.6 Å². The summed E-state index contributed by atoms with van der Waals surface area (Å²) < 4.78 is 10.8. The zero-order valence-corrected chi connectivity index (χ0v) is 12.0. The fourth-order valence-electron chi connectivity index (χ4n) is 2.85. The Labute approximate surface area is 123 Å². The second-order valence-corrected chi connectivity index (χ2v) is 5.45. The van der Waals surface area contributed by atoms with Gasteiger partial charge in [0.1, 0.15) is 5.78 Å². The fraction of sp³-hybridized carbons (Fsp3) is 0.438. The van der Waals surface area contributed by atoms with E-state index in [2.05, 4.69) is 22.3 Å². The number of Topliss-reactive ketones (excluding diaryl/α,β-unsaturated/α-hetero) is 1. The Morgan fingerprint density at radius 2 is 1.95 bits per heavy atom. The highest BCUT2D eigenvalue weighted by Gasteiger charge is 2.40. The lowest BCUT2D eigenvalue weighted by atomic mass is 9.73. The quantitative estimate of drug-likeness (QED) is 0.862. The van der Waals surface area contributed by atoms with E-state index in [1.54, 1.807) is 0 Å². The van der Waals surface area contributed by atoms with Gasteiger partial charge in [-0.2, -0.15) is 4.98 Å². The third kappa shape index (κ3) is 2.74. The van der Waals surface area contributed by atoms with Crippen molar-refractivity contribution in [3.8, 4) is 0 Å². The van der Waals surface area contributed by atoms with Gasteiger partial charge in [-0.1, -0.05) is 35.5 Å². The number of nitrogens with zero attached hydrogens (tertiary/aromatic N) is 2. The van der Waals surface area contributed by atoms with Gasteiger partial charge in [0.05, 0.1) is 11.8 Å². The minimum absolute atomic E-state index is 0.0194. The van der Waals surface area contributed by atoms with E-state index in [1.165, 1.54) is 12.5 Å². The number of rotatable bonds is 4. The second-order valence-electron chi connectivity index (χ2n) is 5.45. The Kier molecular flexibility index (Phi) is 3.84. The molecular weight excluding hydrogens is 268 g/mol. The van der Waals surface area contributed by atoms with Crippen molar-refractivity contribution in [1.29, 1.82) is 0 Å². The van der Waals surface area contributed by atoms with E-state index < -0.39 is 0 Å². The molecule has 2 aromatic rings. The molecule has 1 aromatic carbocycles. The smallest absolute Gasteiger partial charge is 0.234 e. The number of carbonyl (C=O) groups excluding carboxylic acids is 1. The Morgan fingerprint density at radius 1 is 1.24 bits per heavy atom. The average molecular weight is 286 g/mol. The molecule has 0 unspecified atom stereocenters. The van der Waals surface area contributed by atoms with Crippen LogP contribution in [0.1, 0.15) is 37.0 Å². The van der Waals surface area contributed by atoms with E-state index in [0.29, 0.717) is 24.9 Å². The molecule has 0 spiro atoms. The predicted molar refractivity (Wildman–Crippen MR) is 76.0 cm³/mol. The van der Waals surface area contributed by atoms with Crippen LogP contribution >= 0.6 is 0 Å². The van der Waals surface area contributed by atoms with Gasteiger partial charge in [0.2, 0.25) is 5.89 Å². The molecule has 2 heterocycles. The van der Waals surface area contributed by atoms with E-state index >= 15 is 0 Å². The first kappa shape index (κ1) is 13.9. The summed E-state index contributed by atoms with van der Waals surface area (Å²) in [6.45, 7) is 2.86. The molecule has 3 rings (SSSR count). The highest BCUT2D eigenvalue weighted by Crippen LogP contribution is 2.39. The Bertz CT molecular complexity index is 615. The lowest BCUT2D eigenvalue weighted by Crippen LogP contribution is -2.36. The van der Waals surface area contributed by atoms with E-state index in [1.807, 2.05) is 18.2 Å². The first-order chi connectivity index (χ1) is 10.2. The van der Waals surface area contributed by atoms with Crippen LogP contribution in [0.3, 0.4) is 0 Å². The molecule has 5 heteroatoms. The molecule has 110 valence electrons. The van der Waals surface area contributed by atoms with Crippen LogP contribution in [-0.2, 0) is 21.4 Å². The zero-order valence-electron chi connectivity index (χ0n) is 12.0. The summed E-state index contributed by atoms with van der Waals surface area (Å²) >= 11 is 0. The van der Waals surface area contributed by atoms with Crippen LogP contribution in [0.5, 0.6) is 0 Å². The first-order valence-electron chi connectivity index (χ1n) is 7.16. The molecule has 0 aliphatic carbocycles. The van der Waals surface area contributed by atoms with Gasteiger partial charge in [-0.3, -0.25) is 4.79 Å². The van der Waals surface area contributed by atoms with Crippen molar-refractivity contribution in [2.75, 3.05) is 13.2 Å². The molecule has 1 saturated heterocycles. The average Bonchev–Trinajstić information content (AvgIpc) is 2.97. The molecule has 0 atom stereocenters. The summed E-state index contributed by atoms with van der Waals surface area (Å²) in [5.74, 6) is 1.07. The standard InChI is InChI=1S/C16H18N2O3/c1-12(19)11-14-17-15(18-21-14)16(7-9-20-10-8-16)13-5-3-2-4-6-13/h2-6H,7-11H2,1H3. The van der Waals surface area contributed by atoms with E-state index in [4.69, 9.17) is 9.26 Å². The molecule has 1 aliphatic rings. The zero-order chi connectivity index (χ0) is 14.7. The number of ether oxygens (including phenoxy) is 1. The summed E-state index contributed by atoms with van der Waals surface area (Å²) in [7, 11) is 0. The van der Waals surface area contributed by atoms with Crippen LogP contribution in [0.15, 0.2) is 34.9 Å². The first-order valence-corrected chi connectivity index (χ1v) is 7.16. The van der Waals surface area contributed by atoms with Crippen LogP contribution < -0.4 is 0 Å². The lowest BCUT2D eigenvalue weighted by Gasteiger charge is -2.34. The van der Waals surface area contributed by atoms with Crippen molar-refractivity contribution in [3.63, 3.8) is 0 Å². The monoisotopic (exact) mass is 286 g/mol. The number of hydrogen-bond donors (Lipinski definition) is 0.